The van der Waals surface area contributed by atoms with Gasteiger partial charge < -0.3 is 0 Å². The summed E-state index contributed by atoms with van der Waals surface area (Å²) in [6, 6.07) is 7.56. The van der Waals surface area contributed by atoms with E-state index in [1.54, 1.807) is 12.1 Å². The molecule has 1 saturated heterocycles. The van der Waals surface area contributed by atoms with Gasteiger partial charge in [-0.1, -0.05) is 13.3 Å². The molecule has 3 heterocycles. The molecule has 0 aromatic heterocycles. The van der Waals surface area contributed by atoms with Gasteiger partial charge in [-0.25, -0.2) is 0 Å². The highest BCUT2D eigenvalue weighted by atomic mass is 16.6. The minimum atomic E-state index is -0.330. The Labute approximate surface area is 136 Å². The molecule has 0 spiro atoms. The first-order valence-corrected chi connectivity index (χ1v) is 8.58. The van der Waals surface area contributed by atoms with Crippen molar-refractivity contribution in [2.24, 2.45) is 22.7 Å². The van der Waals surface area contributed by atoms with Gasteiger partial charge in [0.15, 0.2) is 0 Å². The number of hydrogen-bond donors (Lipinski definition) is 0. The van der Waals surface area contributed by atoms with Crippen molar-refractivity contribution < 1.29 is 4.92 Å². The number of non-ortho nitro benzene ring substituents is 1. The van der Waals surface area contributed by atoms with Crippen molar-refractivity contribution in [2.45, 2.75) is 37.8 Å². The first-order valence-electron chi connectivity index (χ1n) is 8.58. The smallest absolute Gasteiger partial charge is 0.269 e. The summed E-state index contributed by atoms with van der Waals surface area (Å²) >= 11 is 0. The standard InChI is InChI=1S/C18H23N3O2/c1-3-4-16-12-9-14-11-20(2)17(16)18(14,19-10-12)13-5-7-15(8-6-13)21(22)23/h5-8,10,12,14,16-17H,3-4,9,11H2,1-2H3/t12-,14-,16+,17-,18-/m0/s1. The minimum absolute atomic E-state index is 0.157. The average Bonchev–Trinajstić information content (AvgIpc) is 2.79. The number of likely N-dealkylation sites (tertiary alicyclic amines) is 1. The molecule has 1 aliphatic carbocycles. The van der Waals surface area contributed by atoms with Crippen LogP contribution in [0, 0.1) is 27.9 Å². The van der Waals surface area contributed by atoms with E-state index in [2.05, 4.69) is 25.1 Å². The quantitative estimate of drug-likeness (QED) is 0.633. The van der Waals surface area contributed by atoms with Crippen molar-refractivity contribution in [3.63, 3.8) is 0 Å². The first-order chi connectivity index (χ1) is 11.1. The monoisotopic (exact) mass is 313 g/mol. The Kier molecular flexibility index (Phi) is 3.30. The molecule has 0 radical (unpaired) electrons. The van der Waals surface area contributed by atoms with Gasteiger partial charge in [0.1, 0.15) is 5.54 Å². The molecular weight excluding hydrogens is 290 g/mol. The van der Waals surface area contributed by atoms with Crippen molar-refractivity contribution in [3.8, 4) is 0 Å². The Morgan fingerprint density at radius 2 is 2.13 bits per heavy atom. The van der Waals surface area contributed by atoms with Crippen molar-refractivity contribution in [2.75, 3.05) is 13.6 Å². The maximum atomic E-state index is 10.9. The summed E-state index contributed by atoms with van der Waals surface area (Å²) in [6.45, 7) is 3.33. The van der Waals surface area contributed by atoms with Crippen LogP contribution < -0.4 is 0 Å². The van der Waals surface area contributed by atoms with Gasteiger partial charge in [0.05, 0.1) is 4.92 Å². The van der Waals surface area contributed by atoms with E-state index < -0.39 is 0 Å². The van der Waals surface area contributed by atoms with Gasteiger partial charge >= 0.3 is 0 Å². The number of nitro groups is 1. The summed E-state index contributed by atoms with van der Waals surface area (Å²) in [5.74, 6) is 1.79. The van der Waals surface area contributed by atoms with Crippen LogP contribution in [0.4, 0.5) is 5.69 Å². The lowest BCUT2D eigenvalue weighted by atomic mass is 9.58. The topological polar surface area (TPSA) is 58.7 Å². The second kappa shape index (κ2) is 5.13. The van der Waals surface area contributed by atoms with Crippen LogP contribution in [0.1, 0.15) is 31.7 Å². The number of hydrogen-bond acceptors (Lipinski definition) is 4. The van der Waals surface area contributed by atoms with Crippen molar-refractivity contribution in [1.29, 1.82) is 0 Å². The zero-order valence-electron chi connectivity index (χ0n) is 13.7. The van der Waals surface area contributed by atoms with Gasteiger partial charge in [-0.05, 0) is 49.4 Å². The molecule has 1 aromatic carbocycles. The normalized spacial score (nSPS) is 38.2. The van der Waals surface area contributed by atoms with E-state index in [0.29, 0.717) is 23.8 Å². The Bertz CT molecular complexity index is 657. The second-order valence-corrected chi connectivity index (χ2v) is 7.34. The fraction of sp³-hybridized carbons (Fsp3) is 0.611. The maximum Gasteiger partial charge on any atom is 0.269 e. The predicted octanol–water partition coefficient (Wildman–Crippen LogP) is 3.24. The molecular formula is C18H23N3O2. The molecule has 23 heavy (non-hydrogen) atoms. The third-order valence-electron chi connectivity index (χ3n) is 6.21. The van der Waals surface area contributed by atoms with Crippen LogP contribution in [-0.4, -0.2) is 35.7 Å². The van der Waals surface area contributed by atoms with Gasteiger partial charge in [0.25, 0.3) is 5.69 Å². The fourth-order valence-corrected chi connectivity index (χ4v) is 5.43. The molecule has 0 amide bonds. The van der Waals surface area contributed by atoms with Crippen molar-refractivity contribution >= 4 is 11.9 Å². The highest BCUT2D eigenvalue weighted by Gasteiger charge is 2.63. The second-order valence-electron chi connectivity index (χ2n) is 7.34. The van der Waals surface area contributed by atoms with E-state index in [9.17, 15) is 10.1 Å². The van der Waals surface area contributed by atoms with Crippen LogP contribution in [0.2, 0.25) is 0 Å². The molecule has 3 aliphatic heterocycles. The number of likely N-dealkylation sites (N-methyl/N-ethyl adjacent to an activating group) is 1. The predicted molar refractivity (Wildman–Crippen MR) is 89.7 cm³/mol. The Morgan fingerprint density at radius 3 is 2.78 bits per heavy atom. The van der Waals surface area contributed by atoms with Gasteiger partial charge in [-0.2, -0.15) is 0 Å². The largest absolute Gasteiger partial charge is 0.300 e. The molecule has 5 rings (SSSR count). The lowest BCUT2D eigenvalue weighted by Gasteiger charge is -2.52. The number of nitrogens with zero attached hydrogens (tertiary/aromatic N) is 3. The van der Waals surface area contributed by atoms with E-state index in [0.717, 1.165) is 12.1 Å². The Morgan fingerprint density at radius 1 is 1.39 bits per heavy atom. The van der Waals surface area contributed by atoms with Crippen LogP contribution >= 0.6 is 0 Å². The van der Waals surface area contributed by atoms with Crippen LogP contribution in [0.3, 0.4) is 0 Å². The molecule has 2 fully saturated rings. The lowest BCUT2D eigenvalue weighted by Crippen LogP contribution is -2.56. The summed E-state index contributed by atoms with van der Waals surface area (Å²) in [5, 5.41) is 10.9. The molecule has 4 aliphatic rings. The van der Waals surface area contributed by atoms with Gasteiger partial charge in [-0.15, -0.1) is 0 Å². The summed E-state index contributed by atoms with van der Waals surface area (Å²) in [7, 11) is 2.22. The molecule has 4 bridgehead atoms. The fourth-order valence-electron chi connectivity index (χ4n) is 5.43. The molecule has 122 valence electrons. The minimum Gasteiger partial charge on any atom is -0.300 e. The number of nitro benzene ring substituents is 1. The summed E-state index contributed by atoms with van der Waals surface area (Å²) < 4.78 is 0. The van der Waals surface area contributed by atoms with Gasteiger partial charge in [-0.3, -0.25) is 20.0 Å². The highest BCUT2D eigenvalue weighted by Crippen LogP contribution is 2.59. The lowest BCUT2D eigenvalue weighted by molar-refractivity contribution is -0.384. The van der Waals surface area contributed by atoms with E-state index in [1.165, 1.54) is 19.3 Å². The molecule has 1 saturated carbocycles. The summed E-state index contributed by atoms with van der Waals surface area (Å²) in [6.07, 6.45) is 5.81. The van der Waals surface area contributed by atoms with Crippen molar-refractivity contribution in [3.05, 3.63) is 39.9 Å². The van der Waals surface area contributed by atoms with E-state index in [1.807, 2.05) is 12.1 Å². The molecule has 0 unspecified atom stereocenters. The van der Waals surface area contributed by atoms with E-state index >= 15 is 0 Å². The van der Waals surface area contributed by atoms with Crippen LogP contribution in [0.15, 0.2) is 29.3 Å². The first kappa shape index (κ1) is 14.8. The zero-order valence-corrected chi connectivity index (χ0v) is 13.7. The Balaban J connectivity index is 1.80. The number of benzene rings is 1. The molecule has 5 heteroatoms. The number of aliphatic imine (C=N–C) groups is 1. The molecule has 0 N–H and O–H groups in total. The molecule has 5 atom stereocenters. The van der Waals surface area contributed by atoms with E-state index in [-0.39, 0.29) is 16.1 Å². The molecule has 5 nitrogen and oxygen atoms in total. The van der Waals surface area contributed by atoms with Crippen molar-refractivity contribution in [1.82, 2.24) is 4.90 Å². The van der Waals surface area contributed by atoms with E-state index in [4.69, 9.17) is 4.99 Å². The molecule has 1 aromatic rings. The SMILES string of the molecule is CCC[C@@H]1[C@@H]2C=N[C@@]3(c4ccc([N+](=O)[O-])cc4)[C@@H](C2)CN(C)[C@@H]13. The summed E-state index contributed by atoms with van der Waals surface area (Å²) in [4.78, 5) is 18.1. The van der Waals surface area contributed by atoms with Gasteiger partial charge in [0, 0.05) is 36.9 Å². The zero-order chi connectivity index (χ0) is 16.2. The highest BCUT2D eigenvalue weighted by molar-refractivity contribution is 5.67. The number of rotatable bonds is 4. The third-order valence-corrected chi connectivity index (χ3v) is 6.21. The maximum absolute atomic E-state index is 10.9. The third kappa shape index (κ3) is 1.92. The van der Waals surface area contributed by atoms with Crippen LogP contribution in [0.25, 0.3) is 0 Å². The van der Waals surface area contributed by atoms with Gasteiger partial charge in [0.2, 0.25) is 0 Å². The van der Waals surface area contributed by atoms with Crippen LogP contribution in [0.5, 0.6) is 0 Å². The summed E-state index contributed by atoms with van der Waals surface area (Å²) in [5.41, 5.74) is 1.11. The Hall–Kier alpha value is -1.75. The average molecular weight is 313 g/mol. The van der Waals surface area contributed by atoms with Crippen LogP contribution in [-0.2, 0) is 5.54 Å².